The van der Waals surface area contributed by atoms with Crippen LogP contribution in [0.5, 0.6) is 23.0 Å². The molecule has 2 aliphatic heterocycles. The lowest BCUT2D eigenvalue weighted by Crippen LogP contribution is -2.24. The summed E-state index contributed by atoms with van der Waals surface area (Å²) in [5.74, 6) is 3.54. The van der Waals surface area contributed by atoms with Gasteiger partial charge in [-0.2, -0.15) is 0 Å². The number of benzene rings is 4. The maximum absolute atomic E-state index is 12.3. The quantitative estimate of drug-likeness (QED) is 0.151. The lowest BCUT2D eigenvalue weighted by atomic mass is 9.97. The van der Waals surface area contributed by atoms with Gasteiger partial charge in [-0.25, -0.2) is 4.98 Å². The van der Waals surface area contributed by atoms with E-state index in [0.717, 1.165) is 51.0 Å². The monoisotopic (exact) mass is 617 g/mol. The molecule has 3 heterocycles. The second kappa shape index (κ2) is 13.4. The fourth-order valence-electron chi connectivity index (χ4n) is 5.97. The topological polar surface area (TPSA) is 93.1 Å². The average Bonchev–Trinajstić information content (AvgIpc) is 3.84. The van der Waals surface area contributed by atoms with Crippen molar-refractivity contribution < 1.29 is 28.5 Å². The average molecular weight is 618 g/mol. The first-order valence-electron chi connectivity index (χ1n) is 15.6. The van der Waals surface area contributed by atoms with Crippen molar-refractivity contribution in [1.29, 1.82) is 0 Å². The second-order valence-corrected chi connectivity index (χ2v) is 11.1. The number of aromatic nitrogens is 2. The molecular formula is C37H35N3O6. The molecule has 0 spiro atoms. The number of hydrogen-bond acceptors (Lipinski definition) is 8. The first kappa shape index (κ1) is 29.4. The van der Waals surface area contributed by atoms with Gasteiger partial charge in [-0.3, -0.25) is 4.79 Å². The summed E-state index contributed by atoms with van der Waals surface area (Å²) in [6.45, 7) is 3.68. The Morgan fingerprint density at radius 3 is 2.00 bits per heavy atom. The number of carbonyl (C=O) groups excluding carboxylic acids is 1. The molecule has 7 rings (SSSR count). The largest absolute Gasteiger partial charge is 0.466 e. The highest BCUT2D eigenvalue weighted by atomic mass is 16.7. The molecule has 0 unspecified atom stereocenters. The van der Waals surface area contributed by atoms with Gasteiger partial charge in [0.25, 0.3) is 0 Å². The van der Waals surface area contributed by atoms with Gasteiger partial charge in [-0.1, -0.05) is 72.8 Å². The van der Waals surface area contributed by atoms with Crippen LogP contribution in [0, 0.1) is 0 Å². The molecule has 46 heavy (non-hydrogen) atoms. The summed E-state index contributed by atoms with van der Waals surface area (Å²) in [4.78, 5) is 17.5. The third-order valence-corrected chi connectivity index (χ3v) is 8.15. The lowest BCUT2D eigenvalue weighted by Gasteiger charge is -2.22. The van der Waals surface area contributed by atoms with Crippen LogP contribution in [0.3, 0.4) is 0 Å². The molecule has 0 amide bonds. The van der Waals surface area contributed by atoms with Gasteiger partial charge in [-0.05, 0) is 48.7 Å². The molecule has 9 nitrogen and oxygen atoms in total. The highest BCUT2D eigenvalue weighted by molar-refractivity contribution is 5.70. The van der Waals surface area contributed by atoms with Gasteiger partial charge in [0.15, 0.2) is 23.0 Å². The first-order chi connectivity index (χ1) is 22.7. The van der Waals surface area contributed by atoms with E-state index in [-0.39, 0.29) is 25.6 Å². The standard InChI is InChI=1S/C37H35N3O6/c1-2-42-34(41)14-9-19-40-29(36(25-10-5-3-6-11-25)39-37(40)26-12-7-4-8-13-26)22-38-35(27-15-17-30-32(20-27)45-23-43-30)28-16-18-31-33(21-28)46-24-44-31/h3-8,10-13,15-18,20-21,35,38H,2,9,14,19,22-24H2,1H3. The maximum atomic E-state index is 12.3. The van der Waals surface area contributed by atoms with E-state index < -0.39 is 0 Å². The van der Waals surface area contributed by atoms with Gasteiger partial charge in [0.05, 0.1) is 24.0 Å². The maximum Gasteiger partial charge on any atom is 0.305 e. The smallest absolute Gasteiger partial charge is 0.305 e. The zero-order chi connectivity index (χ0) is 31.3. The number of nitrogens with zero attached hydrogens (tertiary/aromatic N) is 2. The number of carbonyl (C=O) groups is 1. The first-order valence-corrected chi connectivity index (χ1v) is 15.6. The van der Waals surface area contributed by atoms with Crippen molar-refractivity contribution in [3.8, 4) is 45.6 Å². The number of fused-ring (bicyclic) bond motifs is 2. The minimum atomic E-state index is -0.226. The van der Waals surface area contributed by atoms with Crippen LogP contribution >= 0.6 is 0 Å². The Morgan fingerprint density at radius 2 is 1.39 bits per heavy atom. The molecule has 0 aliphatic carbocycles. The van der Waals surface area contributed by atoms with Gasteiger partial charge in [-0.15, -0.1) is 0 Å². The second-order valence-electron chi connectivity index (χ2n) is 11.1. The Morgan fingerprint density at radius 1 is 0.804 bits per heavy atom. The van der Waals surface area contributed by atoms with E-state index in [9.17, 15) is 4.79 Å². The summed E-state index contributed by atoms with van der Waals surface area (Å²) in [5.41, 5.74) is 5.95. The normalized spacial score (nSPS) is 12.9. The molecule has 0 atom stereocenters. The van der Waals surface area contributed by atoms with Gasteiger partial charge >= 0.3 is 5.97 Å². The number of hydrogen-bond donors (Lipinski definition) is 1. The molecule has 0 saturated carbocycles. The molecule has 2 aliphatic rings. The van der Waals surface area contributed by atoms with Crippen LogP contribution < -0.4 is 24.3 Å². The fourth-order valence-corrected chi connectivity index (χ4v) is 5.97. The van der Waals surface area contributed by atoms with E-state index >= 15 is 0 Å². The Kier molecular flexibility index (Phi) is 8.56. The van der Waals surface area contributed by atoms with Crippen LogP contribution in [-0.4, -0.2) is 35.7 Å². The number of rotatable bonds is 12. The Balaban J connectivity index is 1.29. The van der Waals surface area contributed by atoms with Gasteiger partial charge in [0, 0.05) is 30.6 Å². The highest BCUT2D eigenvalue weighted by Gasteiger charge is 2.25. The van der Waals surface area contributed by atoms with Crippen LogP contribution in [0.1, 0.15) is 42.6 Å². The SMILES string of the molecule is CCOC(=O)CCCn1c(-c2ccccc2)nc(-c2ccccc2)c1CNC(c1ccc2c(c1)OCO2)c1ccc2c(c1)OCO2. The summed E-state index contributed by atoms with van der Waals surface area (Å²) in [5, 5.41) is 3.84. The van der Waals surface area contributed by atoms with E-state index in [1.54, 1.807) is 0 Å². The Labute approximate surface area is 267 Å². The number of nitrogens with one attached hydrogen (secondary N) is 1. The summed E-state index contributed by atoms with van der Waals surface area (Å²) in [6, 6.07) is 32.2. The Hall–Kier alpha value is -5.28. The predicted molar refractivity (Wildman–Crippen MR) is 173 cm³/mol. The highest BCUT2D eigenvalue weighted by Crippen LogP contribution is 2.39. The molecule has 4 aromatic carbocycles. The van der Waals surface area contributed by atoms with E-state index in [4.69, 9.17) is 28.7 Å². The molecule has 234 valence electrons. The molecule has 0 radical (unpaired) electrons. The van der Waals surface area contributed by atoms with Crippen molar-refractivity contribution in [3.63, 3.8) is 0 Å². The van der Waals surface area contributed by atoms with Crippen molar-refractivity contribution in [3.05, 3.63) is 114 Å². The third-order valence-electron chi connectivity index (χ3n) is 8.15. The summed E-state index contributed by atoms with van der Waals surface area (Å²) in [7, 11) is 0. The molecule has 0 fully saturated rings. The van der Waals surface area contributed by atoms with Crippen LogP contribution in [0.15, 0.2) is 97.1 Å². The number of esters is 1. The van der Waals surface area contributed by atoms with E-state index in [1.165, 1.54) is 0 Å². The molecule has 9 heteroatoms. The minimum absolute atomic E-state index is 0.197. The summed E-state index contributed by atoms with van der Waals surface area (Å²) >= 11 is 0. The van der Waals surface area contributed by atoms with E-state index in [1.807, 2.05) is 67.6 Å². The van der Waals surface area contributed by atoms with Crippen molar-refractivity contribution in [2.75, 3.05) is 20.2 Å². The third kappa shape index (κ3) is 6.14. The van der Waals surface area contributed by atoms with Crippen molar-refractivity contribution in [1.82, 2.24) is 14.9 Å². The van der Waals surface area contributed by atoms with Crippen molar-refractivity contribution >= 4 is 5.97 Å². The summed E-state index contributed by atoms with van der Waals surface area (Å²) in [6.07, 6.45) is 0.939. The molecule has 5 aromatic rings. The van der Waals surface area contributed by atoms with Crippen LogP contribution in [0.4, 0.5) is 0 Å². The zero-order valence-corrected chi connectivity index (χ0v) is 25.6. The predicted octanol–water partition coefficient (Wildman–Crippen LogP) is 6.90. The Bertz CT molecular complexity index is 1760. The van der Waals surface area contributed by atoms with E-state index in [0.29, 0.717) is 44.0 Å². The van der Waals surface area contributed by atoms with Gasteiger partial charge in [0.2, 0.25) is 13.6 Å². The van der Waals surface area contributed by atoms with E-state index in [2.05, 4.69) is 46.3 Å². The number of imidazole rings is 1. The summed E-state index contributed by atoms with van der Waals surface area (Å²) < 4.78 is 30.2. The fraction of sp³-hybridized carbons (Fsp3) is 0.243. The number of ether oxygens (including phenoxy) is 5. The minimum Gasteiger partial charge on any atom is -0.466 e. The molecule has 1 aromatic heterocycles. The molecule has 0 saturated heterocycles. The van der Waals surface area contributed by atoms with Crippen molar-refractivity contribution in [2.24, 2.45) is 0 Å². The van der Waals surface area contributed by atoms with Crippen LogP contribution in [0.2, 0.25) is 0 Å². The van der Waals surface area contributed by atoms with Gasteiger partial charge < -0.3 is 33.6 Å². The van der Waals surface area contributed by atoms with Crippen molar-refractivity contribution in [2.45, 2.75) is 38.9 Å². The molecule has 0 bridgehead atoms. The zero-order valence-electron chi connectivity index (χ0n) is 25.6. The van der Waals surface area contributed by atoms with Crippen LogP contribution in [-0.2, 0) is 22.6 Å². The van der Waals surface area contributed by atoms with Gasteiger partial charge in [0.1, 0.15) is 5.82 Å². The molecule has 1 N–H and O–H groups in total. The lowest BCUT2D eigenvalue weighted by molar-refractivity contribution is -0.143. The van der Waals surface area contributed by atoms with Crippen LogP contribution in [0.25, 0.3) is 22.6 Å². The molecular weight excluding hydrogens is 582 g/mol.